The Morgan fingerprint density at radius 3 is 2.74 bits per heavy atom. The molecule has 0 bridgehead atoms. The second-order valence-corrected chi connectivity index (χ2v) is 8.77. The second-order valence-electron chi connectivity index (χ2n) is 8.77. The lowest BCUT2D eigenvalue weighted by atomic mass is 10.1. The molecule has 1 aliphatic carbocycles. The highest BCUT2D eigenvalue weighted by Gasteiger charge is 2.21. The zero-order chi connectivity index (χ0) is 24.1. The largest absolute Gasteiger partial charge is 0.383 e. The van der Waals surface area contributed by atoms with Gasteiger partial charge in [0.05, 0.1) is 23.0 Å². The standard InChI is InChI=1S/C27H21FN6O/c1-16-5-4-6-18-13-19(34(27(35)23(16)18)22-8-3-2-7-20(22)28)14-33-26-24(25(29)30-15-31-26)21(32-33)12-11-17-9-10-17/h2-8,13,15,17H,9-10,14H2,1H3,(H2,29,30,31). The van der Waals surface area contributed by atoms with Crippen molar-refractivity contribution in [1.82, 2.24) is 24.3 Å². The Labute approximate surface area is 200 Å². The van der Waals surface area contributed by atoms with Crippen LogP contribution in [0.4, 0.5) is 10.2 Å². The van der Waals surface area contributed by atoms with Gasteiger partial charge in [-0.25, -0.2) is 19.0 Å². The fourth-order valence-electron chi connectivity index (χ4n) is 4.38. The van der Waals surface area contributed by atoms with Crippen LogP contribution in [0.15, 0.2) is 59.7 Å². The van der Waals surface area contributed by atoms with Crippen LogP contribution in [0.1, 0.15) is 29.8 Å². The average Bonchev–Trinajstić information content (AvgIpc) is 3.60. The lowest BCUT2D eigenvalue weighted by molar-refractivity contribution is 0.606. The SMILES string of the molecule is Cc1cccc2cc(Cn3nc(C#CC4CC4)c4c(N)ncnc43)n(-c3ccccc3F)c(=O)c12. The third-order valence-corrected chi connectivity index (χ3v) is 6.27. The summed E-state index contributed by atoms with van der Waals surface area (Å²) < 4.78 is 18.0. The molecule has 8 heteroatoms. The van der Waals surface area contributed by atoms with Gasteiger partial charge in [-0.15, -0.1) is 0 Å². The van der Waals surface area contributed by atoms with Gasteiger partial charge in [-0.05, 0) is 54.8 Å². The van der Waals surface area contributed by atoms with Gasteiger partial charge >= 0.3 is 0 Å². The monoisotopic (exact) mass is 464 g/mol. The Kier molecular flexibility index (Phi) is 4.85. The predicted molar refractivity (Wildman–Crippen MR) is 133 cm³/mol. The second kappa shape index (κ2) is 8.06. The van der Waals surface area contributed by atoms with E-state index in [-0.39, 0.29) is 17.8 Å². The van der Waals surface area contributed by atoms with Gasteiger partial charge in [0, 0.05) is 11.6 Å². The van der Waals surface area contributed by atoms with Crippen LogP contribution < -0.4 is 11.3 Å². The summed E-state index contributed by atoms with van der Waals surface area (Å²) in [6.07, 6.45) is 3.55. The Morgan fingerprint density at radius 2 is 1.94 bits per heavy atom. The molecule has 0 saturated heterocycles. The minimum absolute atomic E-state index is 0.158. The van der Waals surface area contributed by atoms with Crippen molar-refractivity contribution >= 4 is 27.6 Å². The van der Waals surface area contributed by atoms with Gasteiger partial charge in [-0.3, -0.25) is 9.36 Å². The van der Waals surface area contributed by atoms with Gasteiger partial charge in [0.15, 0.2) is 5.65 Å². The van der Waals surface area contributed by atoms with E-state index in [1.54, 1.807) is 22.9 Å². The maximum Gasteiger partial charge on any atom is 0.263 e. The van der Waals surface area contributed by atoms with Crippen LogP contribution in [0.5, 0.6) is 0 Å². The van der Waals surface area contributed by atoms with Crippen LogP contribution in [0.3, 0.4) is 0 Å². The molecule has 35 heavy (non-hydrogen) atoms. The van der Waals surface area contributed by atoms with E-state index in [4.69, 9.17) is 5.73 Å². The number of nitrogens with zero attached hydrogens (tertiary/aromatic N) is 5. The third-order valence-electron chi connectivity index (χ3n) is 6.27. The zero-order valence-electron chi connectivity index (χ0n) is 19.0. The summed E-state index contributed by atoms with van der Waals surface area (Å²) in [5, 5.41) is 6.59. The minimum Gasteiger partial charge on any atom is -0.383 e. The van der Waals surface area contributed by atoms with E-state index >= 15 is 0 Å². The first-order valence-corrected chi connectivity index (χ1v) is 11.4. The maximum absolute atomic E-state index is 14.9. The van der Waals surface area contributed by atoms with Crippen molar-refractivity contribution in [3.63, 3.8) is 0 Å². The van der Waals surface area contributed by atoms with Crippen molar-refractivity contribution in [2.45, 2.75) is 26.3 Å². The van der Waals surface area contributed by atoms with E-state index in [1.807, 2.05) is 31.2 Å². The number of rotatable bonds is 3. The van der Waals surface area contributed by atoms with Crippen molar-refractivity contribution in [1.29, 1.82) is 0 Å². The van der Waals surface area contributed by atoms with Crippen LogP contribution in [-0.4, -0.2) is 24.3 Å². The van der Waals surface area contributed by atoms with Gasteiger partial charge in [-0.1, -0.05) is 36.3 Å². The van der Waals surface area contributed by atoms with Crippen LogP contribution in [0, 0.1) is 30.5 Å². The first kappa shape index (κ1) is 21.1. The Balaban J connectivity index is 1.60. The highest BCUT2D eigenvalue weighted by atomic mass is 19.1. The number of aryl methyl sites for hydroxylation is 1. The van der Waals surface area contributed by atoms with Crippen LogP contribution in [0.2, 0.25) is 0 Å². The molecule has 0 amide bonds. The molecule has 6 rings (SSSR count). The fourth-order valence-corrected chi connectivity index (χ4v) is 4.38. The molecule has 172 valence electrons. The quantitative estimate of drug-likeness (QED) is 0.408. The number of fused-ring (bicyclic) bond motifs is 2. The molecule has 5 aromatic rings. The number of halogens is 1. The van der Waals surface area contributed by atoms with Crippen LogP contribution in [-0.2, 0) is 6.54 Å². The number of hydrogen-bond donors (Lipinski definition) is 1. The van der Waals surface area contributed by atoms with E-state index in [2.05, 4.69) is 26.9 Å². The topological polar surface area (TPSA) is 91.6 Å². The number of pyridine rings is 1. The molecule has 3 heterocycles. The highest BCUT2D eigenvalue weighted by molar-refractivity contribution is 5.90. The van der Waals surface area contributed by atoms with E-state index in [0.717, 1.165) is 23.8 Å². The molecule has 7 nitrogen and oxygen atoms in total. The predicted octanol–water partition coefficient (Wildman–Crippen LogP) is 3.97. The summed E-state index contributed by atoms with van der Waals surface area (Å²) in [4.78, 5) is 22.2. The van der Waals surface area contributed by atoms with E-state index in [0.29, 0.717) is 39.5 Å². The average molecular weight is 465 g/mol. The molecule has 0 unspecified atom stereocenters. The highest BCUT2D eigenvalue weighted by Crippen LogP contribution is 2.29. The van der Waals surface area contributed by atoms with Gasteiger partial charge < -0.3 is 5.73 Å². The molecule has 1 fully saturated rings. The zero-order valence-corrected chi connectivity index (χ0v) is 19.0. The first-order valence-electron chi connectivity index (χ1n) is 11.4. The van der Waals surface area contributed by atoms with Crippen LogP contribution >= 0.6 is 0 Å². The maximum atomic E-state index is 14.9. The van der Waals surface area contributed by atoms with Gasteiger partial charge in [-0.2, -0.15) is 5.10 Å². The van der Waals surface area contributed by atoms with Gasteiger partial charge in [0.2, 0.25) is 0 Å². The summed E-state index contributed by atoms with van der Waals surface area (Å²) in [5.41, 5.74) is 8.44. The normalized spacial score (nSPS) is 13.2. The van der Waals surface area contributed by atoms with E-state index in [9.17, 15) is 9.18 Å². The number of anilines is 1. The Bertz CT molecular complexity index is 1750. The molecule has 0 radical (unpaired) electrons. The number of hydrogen-bond acceptors (Lipinski definition) is 5. The number of nitrogens with two attached hydrogens (primary N) is 1. The van der Waals surface area contributed by atoms with E-state index < -0.39 is 5.82 Å². The van der Waals surface area contributed by atoms with Crippen molar-refractivity contribution in [2.75, 3.05) is 5.73 Å². The van der Waals surface area contributed by atoms with Crippen molar-refractivity contribution in [3.8, 4) is 17.5 Å². The molecule has 2 aromatic carbocycles. The number of aromatic nitrogens is 5. The summed E-state index contributed by atoms with van der Waals surface area (Å²) in [6, 6.07) is 13.8. The van der Waals surface area contributed by atoms with Crippen LogP contribution in [0.25, 0.3) is 27.5 Å². The minimum atomic E-state index is -0.489. The molecule has 0 spiro atoms. The van der Waals surface area contributed by atoms with E-state index in [1.165, 1.54) is 17.0 Å². The van der Waals surface area contributed by atoms with Gasteiger partial charge in [0.1, 0.15) is 23.7 Å². The molecular weight excluding hydrogens is 443 g/mol. The summed E-state index contributed by atoms with van der Waals surface area (Å²) >= 11 is 0. The summed E-state index contributed by atoms with van der Waals surface area (Å²) in [5.74, 6) is 6.53. The molecule has 0 atom stereocenters. The fraction of sp³-hybridized carbons (Fsp3) is 0.185. The lowest BCUT2D eigenvalue weighted by Crippen LogP contribution is -2.25. The van der Waals surface area contributed by atoms with Crippen molar-refractivity contribution in [2.24, 2.45) is 5.92 Å². The van der Waals surface area contributed by atoms with Crippen molar-refractivity contribution < 1.29 is 4.39 Å². The molecule has 3 aromatic heterocycles. The van der Waals surface area contributed by atoms with Crippen molar-refractivity contribution in [3.05, 3.63) is 88.0 Å². The number of nitrogen functional groups attached to an aromatic ring is 1. The Hall–Kier alpha value is -4.51. The summed E-state index contributed by atoms with van der Waals surface area (Å²) in [6.45, 7) is 2.03. The van der Waals surface area contributed by atoms with Gasteiger partial charge in [0.25, 0.3) is 5.56 Å². The first-order chi connectivity index (χ1) is 17.0. The number of benzene rings is 2. The smallest absolute Gasteiger partial charge is 0.263 e. The number of para-hydroxylation sites is 1. The molecule has 1 aliphatic rings. The Morgan fingerprint density at radius 1 is 1.11 bits per heavy atom. The molecule has 0 aliphatic heterocycles. The third kappa shape index (κ3) is 3.62. The lowest BCUT2D eigenvalue weighted by Gasteiger charge is -2.16. The molecule has 2 N–H and O–H groups in total. The molecular formula is C27H21FN6O. The summed E-state index contributed by atoms with van der Waals surface area (Å²) in [7, 11) is 0. The molecule has 1 saturated carbocycles.